The molecular formula is C25H37BrN4O3S. The normalized spacial score (nSPS) is 27.4. The smallest absolute Gasteiger partial charge is 0.246 e. The van der Waals surface area contributed by atoms with Gasteiger partial charge in [0, 0.05) is 10.5 Å². The van der Waals surface area contributed by atoms with E-state index in [0.29, 0.717) is 0 Å². The molecule has 1 aliphatic carbocycles. The number of hydrogen-bond acceptors (Lipinski definition) is 5. The highest BCUT2D eigenvalue weighted by Crippen LogP contribution is 2.45. The highest BCUT2D eigenvalue weighted by Gasteiger charge is 2.49. The van der Waals surface area contributed by atoms with E-state index in [9.17, 15) is 14.4 Å². The van der Waals surface area contributed by atoms with E-state index in [0.717, 1.165) is 48.7 Å². The van der Waals surface area contributed by atoms with Crippen molar-refractivity contribution in [2.24, 2.45) is 5.41 Å². The molecule has 1 aromatic carbocycles. The van der Waals surface area contributed by atoms with Crippen molar-refractivity contribution in [3.63, 3.8) is 0 Å². The third-order valence-electron chi connectivity index (χ3n) is 7.19. The van der Waals surface area contributed by atoms with E-state index in [1.165, 1.54) is 11.1 Å². The van der Waals surface area contributed by atoms with E-state index in [2.05, 4.69) is 64.8 Å². The van der Waals surface area contributed by atoms with Crippen LogP contribution in [0.4, 0.5) is 0 Å². The molecule has 4 unspecified atom stereocenters. The van der Waals surface area contributed by atoms with Gasteiger partial charge >= 0.3 is 0 Å². The topological polar surface area (TPSA) is 90.5 Å². The molecule has 3 amide bonds. The van der Waals surface area contributed by atoms with Gasteiger partial charge in [0.1, 0.15) is 6.04 Å². The number of carbonyl (C=O) groups is 3. The summed E-state index contributed by atoms with van der Waals surface area (Å²) in [6.45, 7) is 6.81. The van der Waals surface area contributed by atoms with Crippen molar-refractivity contribution in [1.82, 2.24) is 20.9 Å². The standard InChI is InChI=1S/C14H25N3O2S.C11H12BrNO/c1-9-14(2,3)7-12-17(9)13(19)10(5-6-20-12)16-11(18)8-15-4;12-9-4-5-10-8(6-9)2-1-3-11(10)13-7-14/h9-10,12,15H,5-8H2,1-4H3,(H,16,18);4-7,11H,1-3H2,(H,13,14). The second kappa shape index (κ2) is 11.9. The highest BCUT2D eigenvalue weighted by molar-refractivity contribution is 9.10. The Morgan fingerprint density at radius 3 is 2.76 bits per heavy atom. The number of rotatable bonds is 5. The number of fused-ring (bicyclic) bond motifs is 2. The van der Waals surface area contributed by atoms with Crippen molar-refractivity contribution >= 4 is 45.9 Å². The van der Waals surface area contributed by atoms with Gasteiger partial charge in [-0.3, -0.25) is 14.4 Å². The van der Waals surface area contributed by atoms with Crippen molar-refractivity contribution in [1.29, 1.82) is 0 Å². The second-order valence-corrected chi connectivity index (χ2v) is 12.2. The molecule has 2 heterocycles. The Hall–Kier alpha value is -1.58. The molecule has 0 saturated carbocycles. The van der Waals surface area contributed by atoms with E-state index in [1.807, 2.05) is 22.7 Å². The summed E-state index contributed by atoms with van der Waals surface area (Å²) >= 11 is 5.31. The molecule has 188 valence electrons. The van der Waals surface area contributed by atoms with Crippen LogP contribution < -0.4 is 16.0 Å². The molecule has 2 fully saturated rings. The SMILES string of the molecule is CNCC(=O)NC1CCSC2CC(C)(C)C(C)N2C1=O.O=CNC1CCCc2cc(Br)ccc21. The van der Waals surface area contributed by atoms with Gasteiger partial charge in [0.05, 0.1) is 18.0 Å². The maximum atomic E-state index is 12.7. The summed E-state index contributed by atoms with van der Waals surface area (Å²) in [4.78, 5) is 36.9. The summed E-state index contributed by atoms with van der Waals surface area (Å²) in [5.41, 5.74) is 2.76. The molecule has 0 aromatic heterocycles. The maximum Gasteiger partial charge on any atom is 0.246 e. The highest BCUT2D eigenvalue weighted by atomic mass is 79.9. The minimum absolute atomic E-state index is 0.0857. The number of benzene rings is 1. The lowest BCUT2D eigenvalue weighted by molar-refractivity contribution is -0.137. The number of carbonyl (C=O) groups excluding carboxylic acids is 3. The van der Waals surface area contributed by atoms with Crippen molar-refractivity contribution in [2.75, 3.05) is 19.3 Å². The van der Waals surface area contributed by atoms with Crippen LogP contribution in [-0.4, -0.2) is 59.9 Å². The Kier molecular flexibility index (Phi) is 9.46. The molecule has 1 aromatic rings. The van der Waals surface area contributed by atoms with Crippen molar-refractivity contribution in [2.45, 2.75) is 76.4 Å². The molecule has 0 spiro atoms. The molecule has 2 aliphatic heterocycles. The first kappa shape index (κ1) is 27.0. The number of thioether (sulfide) groups is 1. The summed E-state index contributed by atoms with van der Waals surface area (Å²) in [6.07, 6.45) is 5.86. The lowest BCUT2D eigenvalue weighted by Gasteiger charge is -2.32. The van der Waals surface area contributed by atoms with Crippen LogP contribution in [0.1, 0.15) is 63.6 Å². The van der Waals surface area contributed by atoms with Gasteiger partial charge in [-0.25, -0.2) is 0 Å². The van der Waals surface area contributed by atoms with Gasteiger partial charge in [-0.2, -0.15) is 0 Å². The number of nitrogens with zero attached hydrogens (tertiary/aromatic N) is 1. The monoisotopic (exact) mass is 552 g/mol. The van der Waals surface area contributed by atoms with E-state index < -0.39 is 0 Å². The molecular weight excluding hydrogens is 516 g/mol. The first-order chi connectivity index (χ1) is 16.2. The quantitative estimate of drug-likeness (QED) is 0.487. The number of halogens is 1. The lowest BCUT2D eigenvalue weighted by Crippen LogP contribution is -2.52. The van der Waals surface area contributed by atoms with Crippen LogP contribution in [0.2, 0.25) is 0 Å². The molecule has 3 aliphatic rings. The molecule has 3 N–H and O–H groups in total. The van der Waals surface area contributed by atoms with Gasteiger partial charge in [0.2, 0.25) is 18.2 Å². The first-order valence-corrected chi connectivity index (χ1v) is 13.9. The van der Waals surface area contributed by atoms with Crippen LogP contribution in [0.15, 0.2) is 22.7 Å². The predicted octanol–water partition coefficient (Wildman–Crippen LogP) is 3.37. The Bertz CT molecular complexity index is 897. The zero-order valence-electron chi connectivity index (χ0n) is 20.5. The molecule has 2 saturated heterocycles. The minimum Gasteiger partial charge on any atom is -0.352 e. The second-order valence-electron chi connectivity index (χ2n) is 9.95. The number of nitrogens with one attached hydrogen (secondary N) is 3. The summed E-state index contributed by atoms with van der Waals surface area (Å²) in [6, 6.07) is 6.33. The Labute approximate surface area is 215 Å². The van der Waals surface area contributed by atoms with Crippen LogP contribution in [0.3, 0.4) is 0 Å². The number of amides is 3. The Morgan fingerprint density at radius 2 is 2.06 bits per heavy atom. The van der Waals surface area contributed by atoms with Crippen molar-refractivity contribution < 1.29 is 14.4 Å². The van der Waals surface area contributed by atoms with Gasteiger partial charge < -0.3 is 20.9 Å². The molecule has 4 atom stereocenters. The average molecular weight is 554 g/mol. The van der Waals surface area contributed by atoms with Crippen molar-refractivity contribution in [3.05, 3.63) is 33.8 Å². The fourth-order valence-electron chi connectivity index (χ4n) is 5.02. The van der Waals surface area contributed by atoms with Gasteiger partial charge in [-0.15, -0.1) is 11.8 Å². The average Bonchev–Trinajstić information content (AvgIpc) is 2.91. The zero-order valence-corrected chi connectivity index (χ0v) is 22.9. The van der Waals surface area contributed by atoms with Crippen LogP contribution in [0.5, 0.6) is 0 Å². The van der Waals surface area contributed by atoms with E-state index in [1.54, 1.807) is 7.05 Å². The molecule has 7 nitrogen and oxygen atoms in total. The fraction of sp³-hybridized carbons (Fsp3) is 0.640. The number of aryl methyl sites for hydroxylation is 1. The summed E-state index contributed by atoms with van der Waals surface area (Å²) < 4.78 is 1.11. The molecule has 0 radical (unpaired) electrons. The largest absolute Gasteiger partial charge is 0.352 e. The first-order valence-electron chi connectivity index (χ1n) is 12.0. The van der Waals surface area contributed by atoms with Crippen LogP contribution in [0, 0.1) is 5.41 Å². The van der Waals surface area contributed by atoms with Crippen molar-refractivity contribution in [3.8, 4) is 0 Å². The Morgan fingerprint density at radius 1 is 1.29 bits per heavy atom. The predicted molar refractivity (Wildman–Crippen MR) is 140 cm³/mol. The van der Waals surface area contributed by atoms with E-state index in [4.69, 9.17) is 0 Å². The van der Waals surface area contributed by atoms with Crippen LogP contribution >= 0.6 is 27.7 Å². The zero-order chi connectivity index (χ0) is 24.9. The van der Waals surface area contributed by atoms with Crippen LogP contribution in [-0.2, 0) is 20.8 Å². The van der Waals surface area contributed by atoms with Gasteiger partial charge in [-0.1, -0.05) is 35.8 Å². The summed E-state index contributed by atoms with van der Waals surface area (Å²) in [5.74, 6) is 0.892. The molecule has 0 bridgehead atoms. The minimum atomic E-state index is -0.371. The summed E-state index contributed by atoms with van der Waals surface area (Å²) in [5, 5.41) is 8.80. The summed E-state index contributed by atoms with van der Waals surface area (Å²) in [7, 11) is 1.73. The third-order valence-corrected chi connectivity index (χ3v) is 8.93. The third kappa shape index (κ3) is 6.34. The van der Waals surface area contributed by atoms with E-state index >= 15 is 0 Å². The van der Waals surface area contributed by atoms with Gasteiger partial charge in [0.15, 0.2) is 0 Å². The van der Waals surface area contributed by atoms with Gasteiger partial charge in [-0.05, 0) is 80.5 Å². The van der Waals surface area contributed by atoms with Crippen LogP contribution in [0.25, 0.3) is 0 Å². The van der Waals surface area contributed by atoms with Gasteiger partial charge in [0.25, 0.3) is 0 Å². The fourth-order valence-corrected chi connectivity index (χ4v) is 7.07. The maximum absolute atomic E-state index is 12.7. The molecule has 34 heavy (non-hydrogen) atoms. The number of likely N-dealkylation sites (N-methyl/N-ethyl adjacent to an activating group) is 1. The number of hydrogen-bond donors (Lipinski definition) is 3. The Balaban J connectivity index is 0.000000202. The molecule has 9 heteroatoms. The lowest BCUT2D eigenvalue weighted by atomic mass is 9.86. The van der Waals surface area contributed by atoms with E-state index in [-0.39, 0.29) is 47.3 Å². The molecule has 4 rings (SSSR count).